The van der Waals surface area contributed by atoms with E-state index in [1.54, 1.807) is 37.6 Å². The van der Waals surface area contributed by atoms with Gasteiger partial charge in [-0.25, -0.2) is 4.98 Å². The Morgan fingerprint density at radius 3 is 2.74 bits per heavy atom. The number of nitrogens with one attached hydrogen (secondary N) is 1. The maximum Gasteiger partial charge on any atom is 0.242 e. The Balaban J connectivity index is 2.68. The molecule has 4 N–H and O–H groups in total. The molecule has 0 aliphatic heterocycles. The zero-order valence-corrected chi connectivity index (χ0v) is 11.2. The highest BCUT2D eigenvalue weighted by molar-refractivity contribution is 5.85. The Morgan fingerprint density at radius 1 is 1.47 bits per heavy atom. The summed E-state index contributed by atoms with van der Waals surface area (Å²) < 4.78 is 1.73. The summed E-state index contributed by atoms with van der Waals surface area (Å²) in [6.45, 7) is 3.39. The normalized spacial score (nSPS) is 14.3. The molecule has 0 spiro atoms. The molecule has 0 fully saturated rings. The summed E-state index contributed by atoms with van der Waals surface area (Å²) >= 11 is 0. The van der Waals surface area contributed by atoms with E-state index in [-0.39, 0.29) is 5.91 Å². The van der Waals surface area contributed by atoms with Crippen molar-refractivity contribution in [2.45, 2.75) is 26.0 Å². The molecule has 1 aromatic heterocycles. The molecule has 0 saturated carbocycles. The molecule has 102 valence electrons. The first-order chi connectivity index (χ1) is 8.95. The van der Waals surface area contributed by atoms with Crippen LogP contribution in [0.1, 0.15) is 31.8 Å². The quantitative estimate of drug-likeness (QED) is 0.719. The van der Waals surface area contributed by atoms with Gasteiger partial charge >= 0.3 is 0 Å². The van der Waals surface area contributed by atoms with Crippen LogP contribution in [0.4, 0.5) is 5.69 Å². The highest BCUT2D eigenvalue weighted by atomic mass is 16.3. The summed E-state index contributed by atoms with van der Waals surface area (Å²) in [7, 11) is 1.58. The van der Waals surface area contributed by atoms with Gasteiger partial charge in [-0.15, -0.1) is 0 Å². The number of imidazole rings is 1. The molecule has 1 aromatic carbocycles. The number of carbonyl (C=O) groups excluding carboxylic acids is 1. The number of nitrogens with two attached hydrogens (primary N) is 1. The largest absolute Gasteiger partial charge is 0.399 e. The van der Waals surface area contributed by atoms with Gasteiger partial charge < -0.3 is 20.7 Å². The van der Waals surface area contributed by atoms with Crippen molar-refractivity contribution in [3.8, 4) is 0 Å². The van der Waals surface area contributed by atoms with Crippen LogP contribution in [-0.2, 0) is 4.79 Å². The molecular weight excluding hydrogens is 244 g/mol. The monoisotopic (exact) mass is 262 g/mol. The molecule has 0 bridgehead atoms. The van der Waals surface area contributed by atoms with Gasteiger partial charge in [0.25, 0.3) is 0 Å². The number of fused-ring (bicyclic) bond motifs is 1. The minimum absolute atomic E-state index is 0.141. The lowest BCUT2D eigenvalue weighted by atomic mass is 10.2. The summed E-state index contributed by atoms with van der Waals surface area (Å²) in [5.41, 5.74) is 7.78. The van der Waals surface area contributed by atoms with Gasteiger partial charge in [-0.1, -0.05) is 0 Å². The van der Waals surface area contributed by atoms with Gasteiger partial charge in [-0.2, -0.15) is 0 Å². The van der Waals surface area contributed by atoms with Crippen molar-refractivity contribution in [3.63, 3.8) is 0 Å². The molecule has 2 unspecified atom stereocenters. The van der Waals surface area contributed by atoms with E-state index in [0.717, 1.165) is 5.52 Å². The summed E-state index contributed by atoms with van der Waals surface area (Å²) in [6.07, 6.45) is -0.763. The van der Waals surface area contributed by atoms with Crippen LogP contribution in [0.25, 0.3) is 11.0 Å². The van der Waals surface area contributed by atoms with Crippen LogP contribution in [0.2, 0.25) is 0 Å². The Hall–Kier alpha value is -2.08. The lowest BCUT2D eigenvalue weighted by Crippen LogP contribution is -2.29. The number of carbonyl (C=O) groups is 1. The average Bonchev–Trinajstić information content (AvgIpc) is 2.75. The number of nitrogens with zero attached hydrogens (tertiary/aromatic N) is 2. The fourth-order valence-electron chi connectivity index (χ4n) is 2.16. The van der Waals surface area contributed by atoms with Crippen LogP contribution in [0.5, 0.6) is 0 Å². The number of nitrogen functional groups attached to an aromatic ring is 1. The third-order valence-corrected chi connectivity index (χ3v) is 3.13. The Kier molecular flexibility index (Phi) is 3.44. The van der Waals surface area contributed by atoms with E-state index in [1.807, 2.05) is 6.07 Å². The molecule has 6 heteroatoms. The lowest BCUT2D eigenvalue weighted by molar-refractivity contribution is -0.123. The summed E-state index contributed by atoms with van der Waals surface area (Å²) in [4.78, 5) is 16.2. The molecule has 2 aromatic rings. The third kappa shape index (κ3) is 2.26. The first-order valence-electron chi connectivity index (χ1n) is 6.12. The molecule has 19 heavy (non-hydrogen) atoms. The predicted octanol–water partition coefficient (Wildman–Crippen LogP) is 0.979. The van der Waals surface area contributed by atoms with E-state index in [1.165, 1.54) is 0 Å². The molecule has 1 heterocycles. The standard InChI is InChI=1S/C13H18N4O2/c1-7(13(19)15-3)17-11-5-4-9(14)6-10(11)16-12(17)8(2)18/h4-8,18H,14H2,1-3H3,(H,15,19). The van der Waals surface area contributed by atoms with Gasteiger partial charge in [0.1, 0.15) is 18.0 Å². The number of hydrogen-bond donors (Lipinski definition) is 3. The number of benzene rings is 1. The highest BCUT2D eigenvalue weighted by Gasteiger charge is 2.22. The SMILES string of the molecule is CNC(=O)C(C)n1c(C(C)O)nc2cc(N)ccc21. The average molecular weight is 262 g/mol. The van der Waals surface area contributed by atoms with Gasteiger partial charge in [0.05, 0.1) is 11.0 Å². The van der Waals surface area contributed by atoms with Crippen molar-refractivity contribution in [1.82, 2.24) is 14.9 Å². The fourth-order valence-corrected chi connectivity index (χ4v) is 2.16. The Bertz CT molecular complexity index is 618. The smallest absolute Gasteiger partial charge is 0.242 e. The van der Waals surface area contributed by atoms with Crippen molar-refractivity contribution in [3.05, 3.63) is 24.0 Å². The minimum Gasteiger partial charge on any atom is -0.399 e. The minimum atomic E-state index is -0.763. The Morgan fingerprint density at radius 2 is 2.16 bits per heavy atom. The zero-order chi connectivity index (χ0) is 14.2. The van der Waals surface area contributed by atoms with Crippen molar-refractivity contribution in [2.24, 2.45) is 0 Å². The second kappa shape index (κ2) is 4.89. The zero-order valence-electron chi connectivity index (χ0n) is 11.2. The highest BCUT2D eigenvalue weighted by Crippen LogP contribution is 2.26. The van der Waals surface area contributed by atoms with E-state index in [0.29, 0.717) is 17.0 Å². The molecule has 0 radical (unpaired) electrons. The van der Waals surface area contributed by atoms with Crippen molar-refractivity contribution in [2.75, 3.05) is 12.8 Å². The molecule has 2 atom stereocenters. The van der Waals surface area contributed by atoms with Gasteiger partial charge in [-0.3, -0.25) is 4.79 Å². The van der Waals surface area contributed by atoms with Crippen molar-refractivity contribution in [1.29, 1.82) is 0 Å². The molecule has 2 rings (SSSR count). The van der Waals surface area contributed by atoms with Crippen LogP contribution in [0.3, 0.4) is 0 Å². The van der Waals surface area contributed by atoms with Crippen molar-refractivity contribution < 1.29 is 9.90 Å². The lowest BCUT2D eigenvalue weighted by Gasteiger charge is -2.17. The van der Waals surface area contributed by atoms with Crippen LogP contribution in [0.15, 0.2) is 18.2 Å². The number of hydrogen-bond acceptors (Lipinski definition) is 4. The number of aliphatic hydroxyl groups excluding tert-OH is 1. The van der Waals surface area contributed by atoms with E-state index < -0.39 is 12.1 Å². The van der Waals surface area contributed by atoms with Gasteiger partial charge in [0.15, 0.2) is 0 Å². The second-order valence-electron chi connectivity index (χ2n) is 4.55. The van der Waals surface area contributed by atoms with Crippen LogP contribution in [0, 0.1) is 0 Å². The van der Waals surface area contributed by atoms with E-state index in [4.69, 9.17) is 5.73 Å². The number of aliphatic hydroxyl groups is 1. The summed E-state index contributed by atoms with van der Waals surface area (Å²) in [6, 6.07) is 4.84. The molecule has 0 aliphatic carbocycles. The molecule has 0 aliphatic rings. The Labute approximate surface area is 111 Å². The summed E-state index contributed by atoms with van der Waals surface area (Å²) in [5.74, 6) is 0.315. The number of amides is 1. The maximum absolute atomic E-state index is 11.8. The molecular formula is C13H18N4O2. The summed E-state index contributed by atoms with van der Waals surface area (Å²) in [5, 5.41) is 12.4. The third-order valence-electron chi connectivity index (χ3n) is 3.13. The van der Waals surface area contributed by atoms with Crippen LogP contribution >= 0.6 is 0 Å². The number of rotatable bonds is 3. The van der Waals surface area contributed by atoms with Crippen LogP contribution < -0.4 is 11.1 Å². The van der Waals surface area contributed by atoms with E-state index >= 15 is 0 Å². The molecule has 1 amide bonds. The van der Waals surface area contributed by atoms with Gasteiger partial charge in [0, 0.05) is 12.7 Å². The van der Waals surface area contributed by atoms with Crippen LogP contribution in [-0.4, -0.2) is 27.6 Å². The number of likely N-dealkylation sites (N-methyl/N-ethyl adjacent to an activating group) is 1. The molecule has 0 saturated heterocycles. The predicted molar refractivity (Wildman–Crippen MR) is 73.6 cm³/mol. The topological polar surface area (TPSA) is 93.2 Å². The first-order valence-corrected chi connectivity index (χ1v) is 6.12. The number of aromatic nitrogens is 2. The maximum atomic E-state index is 11.8. The molecule has 6 nitrogen and oxygen atoms in total. The van der Waals surface area contributed by atoms with E-state index in [2.05, 4.69) is 10.3 Å². The number of anilines is 1. The first kappa shape index (κ1) is 13.4. The van der Waals surface area contributed by atoms with Gasteiger partial charge in [-0.05, 0) is 32.0 Å². The van der Waals surface area contributed by atoms with Gasteiger partial charge in [0.2, 0.25) is 5.91 Å². The fraction of sp³-hybridized carbons (Fsp3) is 0.385. The van der Waals surface area contributed by atoms with Crippen molar-refractivity contribution >= 4 is 22.6 Å². The second-order valence-corrected chi connectivity index (χ2v) is 4.55. The van der Waals surface area contributed by atoms with E-state index in [9.17, 15) is 9.90 Å².